The zero-order chi connectivity index (χ0) is 22.6. The van der Waals surface area contributed by atoms with E-state index in [1.165, 1.54) is 65.1 Å². The number of carboxylic acid groups (broad SMARTS) is 1. The summed E-state index contributed by atoms with van der Waals surface area (Å²) in [5, 5.41) is 11.2. The third-order valence-corrected chi connectivity index (χ3v) is 8.26. The number of carbonyl (C=O) groups is 1. The molecule has 3 aliphatic rings. The van der Waals surface area contributed by atoms with Gasteiger partial charge in [-0.1, -0.05) is 18.1 Å². The summed E-state index contributed by atoms with van der Waals surface area (Å²) >= 11 is 1.82. The molecule has 2 saturated heterocycles. The summed E-state index contributed by atoms with van der Waals surface area (Å²) in [4.78, 5) is 17.2. The van der Waals surface area contributed by atoms with E-state index in [0.717, 1.165) is 44.6 Å². The van der Waals surface area contributed by atoms with Crippen molar-refractivity contribution in [3.8, 4) is 5.75 Å². The van der Waals surface area contributed by atoms with E-state index in [2.05, 4.69) is 39.4 Å². The molecule has 1 N–H and O–H groups in total. The van der Waals surface area contributed by atoms with Crippen molar-refractivity contribution in [3.05, 3.63) is 56.8 Å². The summed E-state index contributed by atoms with van der Waals surface area (Å²) in [6.07, 6.45) is 7.32. The van der Waals surface area contributed by atoms with E-state index in [-0.39, 0.29) is 6.42 Å². The zero-order valence-corrected chi connectivity index (χ0v) is 20.2. The lowest BCUT2D eigenvalue weighted by Gasteiger charge is -2.29. The Balaban J connectivity index is 1.41. The molecule has 2 fully saturated rings. The summed E-state index contributed by atoms with van der Waals surface area (Å²) in [7, 11) is 0. The van der Waals surface area contributed by atoms with E-state index in [1.54, 1.807) is 0 Å². The van der Waals surface area contributed by atoms with Crippen molar-refractivity contribution >= 4 is 22.9 Å². The monoisotopic (exact) mass is 466 g/mol. The van der Waals surface area contributed by atoms with Gasteiger partial charge in [0, 0.05) is 47.8 Å². The number of thiophene rings is 1. The molecule has 4 heterocycles. The van der Waals surface area contributed by atoms with Crippen LogP contribution in [0.4, 0.5) is 0 Å². The normalized spacial score (nSPS) is 19.5. The van der Waals surface area contributed by atoms with E-state index in [1.807, 2.05) is 11.3 Å². The number of ether oxygens (including phenoxy) is 1. The summed E-state index contributed by atoms with van der Waals surface area (Å²) in [6, 6.07) is 9.01. The molecule has 33 heavy (non-hydrogen) atoms. The Bertz CT molecular complexity index is 1010. The Hall–Kier alpha value is -2.15. The highest BCUT2D eigenvalue weighted by Gasteiger charge is 2.26. The second kappa shape index (κ2) is 10.4. The first-order valence-corrected chi connectivity index (χ1v) is 13.3. The Morgan fingerprint density at radius 2 is 1.79 bits per heavy atom. The number of rotatable bonds is 6. The van der Waals surface area contributed by atoms with Crippen LogP contribution in [0.3, 0.4) is 0 Å². The first kappa shape index (κ1) is 22.6. The number of hydrogen-bond donors (Lipinski definition) is 1. The lowest BCUT2D eigenvalue weighted by Crippen LogP contribution is -2.33. The third kappa shape index (κ3) is 5.34. The molecule has 6 heteroatoms. The Morgan fingerprint density at radius 3 is 2.58 bits per heavy atom. The standard InChI is InChI=1S/C27H34N2O3S/c30-25(31)9-16-29-14-7-21(8-15-29)26-23-18-20(6-13-28-11-2-1-3-12-28)4-5-24(23)32-19-22-10-17-33-27(22)26/h4-5,10,17-18H,1-3,6-9,11-16,19H2,(H,30,31). The lowest BCUT2D eigenvalue weighted by molar-refractivity contribution is -0.137. The first-order valence-electron chi connectivity index (χ1n) is 12.4. The Labute approximate surface area is 200 Å². The van der Waals surface area contributed by atoms with Crippen LogP contribution in [-0.4, -0.2) is 60.1 Å². The van der Waals surface area contributed by atoms with E-state index in [4.69, 9.17) is 9.84 Å². The molecule has 0 bridgehead atoms. The van der Waals surface area contributed by atoms with Gasteiger partial charge in [-0.3, -0.25) is 4.79 Å². The van der Waals surface area contributed by atoms with Gasteiger partial charge in [0.1, 0.15) is 12.4 Å². The van der Waals surface area contributed by atoms with Gasteiger partial charge in [-0.15, -0.1) is 11.3 Å². The number of hydrogen-bond acceptors (Lipinski definition) is 5. The van der Waals surface area contributed by atoms with Crippen molar-refractivity contribution in [1.82, 2.24) is 9.80 Å². The zero-order valence-electron chi connectivity index (χ0n) is 19.4. The van der Waals surface area contributed by atoms with Gasteiger partial charge in [-0.25, -0.2) is 0 Å². The average molecular weight is 467 g/mol. The number of benzene rings is 1. The largest absolute Gasteiger partial charge is 0.488 e. The van der Waals surface area contributed by atoms with E-state index in [0.29, 0.717) is 13.2 Å². The van der Waals surface area contributed by atoms with E-state index < -0.39 is 5.97 Å². The Kier molecular flexibility index (Phi) is 7.14. The highest BCUT2D eigenvalue weighted by Crippen LogP contribution is 2.43. The summed E-state index contributed by atoms with van der Waals surface area (Å²) < 4.78 is 6.28. The van der Waals surface area contributed by atoms with Crippen molar-refractivity contribution in [3.63, 3.8) is 0 Å². The number of nitrogens with zero attached hydrogens (tertiary/aromatic N) is 2. The maximum absolute atomic E-state index is 11.0. The molecule has 0 radical (unpaired) electrons. The van der Waals surface area contributed by atoms with Crippen LogP contribution in [0.1, 0.15) is 60.1 Å². The minimum absolute atomic E-state index is 0.220. The van der Waals surface area contributed by atoms with Crippen LogP contribution in [0.25, 0.3) is 5.57 Å². The van der Waals surface area contributed by atoms with Gasteiger partial charge in [0.05, 0.1) is 6.42 Å². The van der Waals surface area contributed by atoms with Crippen LogP contribution >= 0.6 is 11.3 Å². The number of aliphatic carboxylic acids is 1. The topological polar surface area (TPSA) is 53.0 Å². The number of likely N-dealkylation sites (tertiary alicyclic amines) is 2. The predicted molar refractivity (Wildman–Crippen MR) is 133 cm³/mol. The van der Waals surface area contributed by atoms with Gasteiger partial charge in [0.2, 0.25) is 0 Å². The van der Waals surface area contributed by atoms with Gasteiger partial charge in [0.25, 0.3) is 0 Å². The highest BCUT2D eigenvalue weighted by molar-refractivity contribution is 7.11. The second-order valence-corrected chi connectivity index (χ2v) is 10.4. The van der Waals surface area contributed by atoms with Gasteiger partial charge < -0.3 is 19.6 Å². The highest BCUT2D eigenvalue weighted by atomic mass is 32.1. The van der Waals surface area contributed by atoms with Crippen molar-refractivity contribution in [2.75, 3.05) is 39.3 Å². The van der Waals surface area contributed by atoms with Crippen molar-refractivity contribution < 1.29 is 14.6 Å². The lowest BCUT2D eigenvalue weighted by atomic mass is 9.89. The van der Waals surface area contributed by atoms with Crippen LogP contribution in [0.15, 0.2) is 35.2 Å². The summed E-state index contributed by atoms with van der Waals surface area (Å²) in [6.45, 7) is 6.73. The minimum atomic E-state index is -0.714. The number of piperidine rings is 2. The fourth-order valence-electron chi connectivity index (χ4n) is 5.37. The van der Waals surface area contributed by atoms with Gasteiger partial charge in [-0.05, 0) is 74.3 Å². The molecule has 1 aromatic carbocycles. The van der Waals surface area contributed by atoms with Crippen LogP contribution < -0.4 is 4.74 Å². The fraction of sp³-hybridized carbons (Fsp3) is 0.519. The van der Waals surface area contributed by atoms with Crippen LogP contribution in [0, 0.1) is 0 Å². The molecule has 1 aromatic heterocycles. The molecule has 0 amide bonds. The molecule has 0 unspecified atom stereocenters. The maximum atomic E-state index is 11.0. The molecule has 0 aliphatic carbocycles. The SMILES string of the molecule is O=C(O)CCN1CCC(=C2c3cc(CCN4CCCCC4)ccc3OCc3ccsc32)CC1. The van der Waals surface area contributed by atoms with E-state index >= 15 is 0 Å². The predicted octanol–water partition coefficient (Wildman–Crippen LogP) is 5.04. The van der Waals surface area contributed by atoms with Gasteiger partial charge in [-0.2, -0.15) is 0 Å². The van der Waals surface area contributed by atoms with Crippen LogP contribution in [-0.2, 0) is 17.8 Å². The van der Waals surface area contributed by atoms with Gasteiger partial charge in [0.15, 0.2) is 0 Å². The maximum Gasteiger partial charge on any atom is 0.304 e. The molecule has 0 spiro atoms. The molecular formula is C27H34N2O3S. The molecule has 3 aliphatic heterocycles. The average Bonchev–Trinajstić information content (AvgIpc) is 3.24. The fourth-order valence-corrected chi connectivity index (χ4v) is 6.39. The van der Waals surface area contributed by atoms with Crippen molar-refractivity contribution in [1.29, 1.82) is 0 Å². The minimum Gasteiger partial charge on any atom is -0.488 e. The summed E-state index contributed by atoms with van der Waals surface area (Å²) in [5.74, 6) is 0.283. The van der Waals surface area contributed by atoms with Crippen LogP contribution in [0.5, 0.6) is 5.75 Å². The molecule has 176 valence electrons. The number of fused-ring (bicyclic) bond motifs is 2. The smallest absolute Gasteiger partial charge is 0.304 e. The van der Waals surface area contributed by atoms with E-state index in [9.17, 15) is 4.79 Å². The quantitative estimate of drug-likeness (QED) is 0.646. The molecule has 0 saturated carbocycles. The third-order valence-electron chi connectivity index (χ3n) is 7.29. The molecule has 2 aromatic rings. The van der Waals surface area contributed by atoms with Gasteiger partial charge >= 0.3 is 5.97 Å². The second-order valence-electron chi connectivity index (χ2n) is 9.51. The van der Waals surface area contributed by atoms with Crippen molar-refractivity contribution in [2.45, 2.75) is 51.6 Å². The Morgan fingerprint density at radius 1 is 1.00 bits per heavy atom. The molecule has 0 atom stereocenters. The van der Waals surface area contributed by atoms with Crippen LogP contribution in [0.2, 0.25) is 0 Å². The molecule has 5 nitrogen and oxygen atoms in total. The summed E-state index contributed by atoms with van der Waals surface area (Å²) in [5.41, 5.74) is 6.79. The molecular weight excluding hydrogens is 432 g/mol. The first-order chi connectivity index (χ1) is 16.2. The number of carboxylic acids is 1. The van der Waals surface area contributed by atoms with Crippen molar-refractivity contribution in [2.24, 2.45) is 0 Å². The molecule has 5 rings (SSSR count).